The third kappa shape index (κ3) is 2.97. The molecule has 2 N–H and O–H groups in total. The maximum atomic E-state index is 11.4. The molecule has 0 atom stereocenters. The molecule has 0 aromatic heterocycles. The SMILES string of the molecule is CCNC(=O)Nc1ccc2cc(Br)ccc2c1. The summed E-state index contributed by atoms with van der Waals surface area (Å²) in [5.41, 5.74) is 0.797. The molecule has 0 saturated carbocycles. The first-order valence-corrected chi connectivity index (χ1v) is 6.22. The minimum atomic E-state index is -0.177. The van der Waals surface area contributed by atoms with Crippen LogP contribution in [0.25, 0.3) is 10.8 Å². The van der Waals surface area contributed by atoms with Gasteiger partial charge in [-0.05, 0) is 42.0 Å². The van der Waals surface area contributed by atoms with Crippen LogP contribution in [0.3, 0.4) is 0 Å². The monoisotopic (exact) mass is 292 g/mol. The van der Waals surface area contributed by atoms with Gasteiger partial charge in [0.05, 0.1) is 0 Å². The molecule has 0 saturated heterocycles. The molecule has 17 heavy (non-hydrogen) atoms. The van der Waals surface area contributed by atoms with Gasteiger partial charge in [-0.15, -0.1) is 0 Å². The number of hydrogen-bond donors (Lipinski definition) is 2. The lowest BCUT2D eigenvalue weighted by atomic mass is 10.1. The number of anilines is 1. The molecular formula is C13H13BrN2O. The van der Waals surface area contributed by atoms with Gasteiger partial charge in [0.15, 0.2) is 0 Å². The van der Waals surface area contributed by atoms with Gasteiger partial charge >= 0.3 is 6.03 Å². The van der Waals surface area contributed by atoms with Crippen molar-refractivity contribution in [2.45, 2.75) is 6.92 Å². The predicted molar refractivity (Wildman–Crippen MR) is 74.3 cm³/mol. The van der Waals surface area contributed by atoms with E-state index in [2.05, 4.69) is 26.6 Å². The van der Waals surface area contributed by atoms with Crippen molar-refractivity contribution < 1.29 is 4.79 Å². The number of carbonyl (C=O) groups is 1. The highest BCUT2D eigenvalue weighted by molar-refractivity contribution is 9.10. The first-order valence-electron chi connectivity index (χ1n) is 5.43. The Morgan fingerprint density at radius 1 is 1.18 bits per heavy atom. The lowest BCUT2D eigenvalue weighted by Gasteiger charge is -2.07. The molecule has 4 heteroatoms. The first-order chi connectivity index (χ1) is 8.19. The quantitative estimate of drug-likeness (QED) is 0.870. The van der Waals surface area contributed by atoms with Crippen molar-refractivity contribution in [1.82, 2.24) is 5.32 Å². The summed E-state index contributed by atoms with van der Waals surface area (Å²) in [7, 11) is 0. The number of amides is 2. The second kappa shape index (κ2) is 5.19. The minimum Gasteiger partial charge on any atom is -0.338 e. The highest BCUT2D eigenvalue weighted by atomic mass is 79.9. The molecule has 2 aromatic carbocycles. The number of carbonyl (C=O) groups excluding carboxylic acids is 1. The highest BCUT2D eigenvalue weighted by Gasteiger charge is 2.01. The van der Waals surface area contributed by atoms with E-state index in [0.29, 0.717) is 6.54 Å². The van der Waals surface area contributed by atoms with E-state index in [1.165, 1.54) is 0 Å². The minimum absolute atomic E-state index is 0.177. The summed E-state index contributed by atoms with van der Waals surface area (Å²) in [6, 6.07) is 11.7. The van der Waals surface area contributed by atoms with E-state index in [9.17, 15) is 4.79 Å². The second-order valence-corrected chi connectivity index (χ2v) is 4.61. The van der Waals surface area contributed by atoms with Gasteiger partial charge in [-0.1, -0.05) is 28.1 Å². The van der Waals surface area contributed by atoms with Gasteiger partial charge in [0, 0.05) is 16.7 Å². The van der Waals surface area contributed by atoms with Crippen molar-refractivity contribution in [2.24, 2.45) is 0 Å². The van der Waals surface area contributed by atoms with Crippen LogP contribution in [0.5, 0.6) is 0 Å². The number of benzene rings is 2. The van der Waals surface area contributed by atoms with Crippen LogP contribution in [0.2, 0.25) is 0 Å². The number of hydrogen-bond acceptors (Lipinski definition) is 1. The normalized spacial score (nSPS) is 10.2. The average Bonchev–Trinajstić information content (AvgIpc) is 2.29. The Morgan fingerprint density at radius 2 is 1.88 bits per heavy atom. The Morgan fingerprint density at radius 3 is 2.65 bits per heavy atom. The Hall–Kier alpha value is -1.55. The molecule has 3 nitrogen and oxygen atoms in total. The van der Waals surface area contributed by atoms with Crippen LogP contribution in [0, 0.1) is 0 Å². The fourth-order valence-corrected chi connectivity index (χ4v) is 2.01. The zero-order valence-corrected chi connectivity index (χ0v) is 11.0. The van der Waals surface area contributed by atoms with Crippen LogP contribution in [0.15, 0.2) is 40.9 Å². The Balaban J connectivity index is 2.26. The number of fused-ring (bicyclic) bond motifs is 1. The Bertz CT molecular complexity index is 554. The van der Waals surface area contributed by atoms with E-state index >= 15 is 0 Å². The topological polar surface area (TPSA) is 41.1 Å². The van der Waals surface area contributed by atoms with Crippen LogP contribution in [-0.4, -0.2) is 12.6 Å². The van der Waals surface area contributed by atoms with Gasteiger partial charge in [-0.2, -0.15) is 0 Å². The molecule has 0 spiro atoms. The van der Waals surface area contributed by atoms with E-state index in [0.717, 1.165) is 20.9 Å². The molecule has 88 valence electrons. The second-order valence-electron chi connectivity index (χ2n) is 3.69. The fourth-order valence-electron chi connectivity index (χ4n) is 1.63. The summed E-state index contributed by atoms with van der Waals surface area (Å²) >= 11 is 3.43. The maximum absolute atomic E-state index is 11.4. The summed E-state index contributed by atoms with van der Waals surface area (Å²) in [6.07, 6.45) is 0. The average molecular weight is 293 g/mol. The van der Waals surface area contributed by atoms with Gasteiger partial charge in [0.1, 0.15) is 0 Å². The van der Waals surface area contributed by atoms with E-state index in [1.807, 2.05) is 43.3 Å². The smallest absolute Gasteiger partial charge is 0.319 e. The maximum Gasteiger partial charge on any atom is 0.319 e. The third-order valence-electron chi connectivity index (χ3n) is 2.40. The predicted octanol–water partition coefficient (Wildman–Crippen LogP) is 3.74. The lowest BCUT2D eigenvalue weighted by molar-refractivity contribution is 0.252. The summed E-state index contributed by atoms with van der Waals surface area (Å²) in [5.74, 6) is 0. The zero-order valence-electron chi connectivity index (χ0n) is 9.46. The highest BCUT2D eigenvalue weighted by Crippen LogP contribution is 2.22. The fraction of sp³-hybridized carbons (Fsp3) is 0.154. The van der Waals surface area contributed by atoms with Crippen LogP contribution < -0.4 is 10.6 Å². The summed E-state index contributed by atoms with van der Waals surface area (Å²) < 4.78 is 1.05. The van der Waals surface area contributed by atoms with Gasteiger partial charge in [-0.3, -0.25) is 0 Å². The molecule has 0 fully saturated rings. The molecular weight excluding hydrogens is 280 g/mol. The number of halogens is 1. The van der Waals surface area contributed by atoms with Crippen LogP contribution in [0.1, 0.15) is 6.92 Å². The molecule has 0 aliphatic heterocycles. The van der Waals surface area contributed by atoms with E-state index in [4.69, 9.17) is 0 Å². The standard InChI is InChI=1S/C13H13BrN2O/c1-2-15-13(17)16-12-6-4-9-7-11(14)5-3-10(9)8-12/h3-8H,2H2,1H3,(H2,15,16,17). The van der Waals surface area contributed by atoms with Crippen LogP contribution >= 0.6 is 15.9 Å². The van der Waals surface area contributed by atoms with Crippen molar-refractivity contribution in [3.05, 3.63) is 40.9 Å². The Kier molecular flexibility index (Phi) is 3.64. The summed E-state index contributed by atoms with van der Waals surface area (Å²) in [4.78, 5) is 11.4. The van der Waals surface area contributed by atoms with Gasteiger partial charge in [0.25, 0.3) is 0 Å². The van der Waals surface area contributed by atoms with E-state index in [-0.39, 0.29) is 6.03 Å². The molecule has 0 heterocycles. The number of rotatable bonds is 2. The number of urea groups is 1. The molecule has 0 aliphatic carbocycles. The van der Waals surface area contributed by atoms with Gasteiger partial charge in [-0.25, -0.2) is 4.79 Å². The zero-order chi connectivity index (χ0) is 12.3. The van der Waals surface area contributed by atoms with Crippen molar-refractivity contribution >= 4 is 38.4 Å². The molecule has 2 amide bonds. The van der Waals surface area contributed by atoms with Crippen molar-refractivity contribution in [2.75, 3.05) is 11.9 Å². The van der Waals surface area contributed by atoms with Crippen molar-refractivity contribution in [3.8, 4) is 0 Å². The van der Waals surface area contributed by atoms with Crippen molar-refractivity contribution in [3.63, 3.8) is 0 Å². The summed E-state index contributed by atoms with van der Waals surface area (Å²) in [6.45, 7) is 2.50. The molecule has 0 unspecified atom stereocenters. The van der Waals surface area contributed by atoms with Gasteiger partial charge < -0.3 is 10.6 Å². The van der Waals surface area contributed by atoms with Crippen LogP contribution in [-0.2, 0) is 0 Å². The summed E-state index contributed by atoms with van der Waals surface area (Å²) in [5, 5.41) is 7.72. The lowest BCUT2D eigenvalue weighted by Crippen LogP contribution is -2.28. The van der Waals surface area contributed by atoms with Crippen LogP contribution in [0.4, 0.5) is 10.5 Å². The number of nitrogens with one attached hydrogen (secondary N) is 2. The van der Waals surface area contributed by atoms with Crippen molar-refractivity contribution in [1.29, 1.82) is 0 Å². The molecule has 2 rings (SSSR count). The molecule has 0 aliphatic rings. The Labute approximate surface area is 108 Å². The van der Waals surface area contributed by atoms with Gasteiger partial charge in [0.2, 0.25) is 0 Å². The largest absolute Gasteiger partial charge is 0.338 e. The molecule has 0 bridgehead atoms. The molecule has 2 aromatic rings. The van der Waals surface area contributed by atoms with E-state index in [1.54, 1.807) is 0 Å². The first kappa shape index (κ1) is 11.9. The van der Waals surface area contributed by atoms with E-state index < -0.39 is 0 Å². The third-order valence-corrected chi connectivity index (χ3v) is 2.89. The molecule has 0 radical (unpaired) electrons.